The predicted molar refractivity (Wildman–Crippen MR) is 114 cm³/mol. The summed E-state index contributed by atoms with van der Waals surface area (Å²) in [5.41, 5.74) is 0.470. The van der Waals surface area contributed by atoms with Crippen molar-refractivity contribution in [2.45, 2.75) is 49.9 Å². The van der Waals surface area contributed by atoms with Crippen molar-refractivity contribution < 1.29 is 23.2 Å². The Balaban J connectivity index is 1.30. The van der Waals surface area contributed by atoms with E-state index in [0.717, 1.165) is 12.3 Å². The van der Waals surface area contributed by atoms with E-state index in [4.69, 9.17) is 9.26 Å². The van der Waals surface area contributed by atoms with E-state index in [2.05, 4.69) is 20.4 Å². The number of piperidine rings is 2. The van der Waals surface area contributed by atoms with Crippen molar-refractivity contribution in [2.24, 2.45) is 0 Å². The number of pyridine rings is 1. The van der Waals surface area contributed by atoms with Gasteiger partial charge < -0.3 is 9.26 Å². The van der Waals surface area contributed by atoms with Crippen LogP contribution in [0.5, 0.6) is 0 Å². The van der Waals surface area contributed by atoms with Crippen molar-refractivity contribution in [2.75, 3.05) is 13.1 Å². The number of hydrogen-bond donors (Lipinski definition) is 1. The van der Waals surface area contributed by atoms with Gasteiger partial charge in [0.1, 0.15) is 17.0 Å². The van der Waals surface area contributed by atoms with E-state index in [1.54, 1.807) is 30.6 Å². The van der Waals surface area contributed by atoms with Crippen LogP contribution in [0.15, 0.2) is 41.2 Å². The Labute approximate surface area is 189 Å². The van der Waals surface area contributed by atoms with Gasteiger partial charge >= 0.3 is 0 Å². The molecule has 3 aliphatic heterocycles. The third-order valence-electron chi connectivity index (χ3n) is 7.29. The molecule has 1 aromatic carbocycles. The summed E-state index contributed by atoms with van der Waals surface area (Å²) in [6, 6.07) is 7.11. The Hall–Kier alpha value is -3.17. The van der Waals surface area contributed by atoms with Crippen LogP contribution in [0.2, 0.25) is 0 Å². The lowest BCUT2D eigenvalue weighted by Gasteiger charge is -2.32. The summed E-state index contributed by atoms with van der Waals surface area (Å²) in [6.45, 7) is 4.04. The molecule has 1 N–H and O–H groups in total. The highest BCUT2D eigenvalue weighted by molar-refractivity contribution is 6.01. The van der Waals surface area contributed by atoms with Gasteiger partial charge in [0.2, 0.25) is 11.8 Å². The fourth-order valence-corrected chi connectivity index (χ4v) is 5.50. The number of nitrogens with one attached hydrogen (secondary N) is 1. The molecule has 3 fully saturated rings. The number of fused-ring (bicyclic) bond motifs is 2. The summed E-state index contributed by atoms with van der Waals surface area (Å²) in [4.78, 5) is 30.4. The molecule has 3 aromatic rings. The maximum atomic E-state index is 15.9. The molecule has 0 radical (unpaired) electrons. The smallest absolute Gasteiger partial charge is 0.234 e. The van der Waals surface area contributed by atoms with Gasteiger partial charge in [-0.05, 0) is 37.5 Å². The highest BCUT2D eigenvalue weighted by Gasteiger charge is 2.70. The number of epoxide rings is 1. The highest BCUT2D eigenvalue weighted by Crippen LogP contribution is 2.61. The summed E-state index contributed by atoms with van der Waals surface area (Å²) in [7, 11) is 0. The van der Waals surface area contributed by atoms with Gasteiger partial charge in [-0.2, -0.15) is 0 Å². The first kappa shape index (κ1) is 20.4. The fraction of sp³-hybridized carbons (Fsp3) is 0.417. The van der Waals surface area contributed by atoms with Crippen LogP contribution in [0.4, 0.5) is 4.39 Å². The number of hydrogen-bond acceptors (Lipinski definition) is 7. The molecule has 0 spiro atoms. The van der Waals surface area contributed by atoms with E-state index in [9.17, 15) is 9.59 Å². The SMILES string of the molecule is CC12CN(Cc3ccno3)CCC1(c1ccc3ncc(C4CCC(=O)NC4=O)cc3c1F)O2. The van der Waals surface area contributed by atoms with Gasteiger partial charge in [-0.15, -0.1) is 0 Å². The zero-order valence-corrected chi connectivity index (χ0v) is 18.1. The Bertz CT molecular complexity index is 1280. The normalized spacial score (nSPS) is 29.7. The van der Waals surface area contributed by atoms with E-state index >= 15 is 4.39 Å². The monoisotopic (exact) mass is 450 g/mol. The molecule has 2 amide bonds. The van der Waals surface area contributed by atoms with Crippen LogP contribution in [0.25, 0.3) is 10.9 Å². The largest absolute Gasteiger partial charge is 0.360 e. The zero-order chi connectivity index (χ0) is 22.8. The minimum absolute atomic E-state index is 0.261. The van der Waals surface area contributed by atoms with E-state index in [1.807, 2.05) is 13.0 Å². The van der Waals surface area contributed by atoms with Gasteiger partial charge in [-0.25, -0.2) is 4.39 Å². The number of carbonyl (C=O) groups is 2. The van der Waals surface area contributed by atoms with Crippen LogP contribution in [0.3, 0.4) is 0 Å². The topological polar surface area (TPSA) is 101 Å². The van der Waals surface area contributed by atoms with E-state index in [0.29, 0.717) is 48.0 Å². The second-order valence-electron chi connectivity index (χ2n) is 9.37. The number of benzene rings is 1. The Morgan fingerprint density at radius 3 is 2.94 bits per heavy atom. The maximum Gasteiger partial charge on any atom is 0.234 e. The molecule has 8 nitrogen and oxygen atoms in total. The molecule has 3 saturated heterocycles. The van der Waals surface area contributed by atoms with Crippen LogP contribution in [-0.4, -0.2) is 45.5 Å². The number of amides is 2. The highest BCUT2D eigenvalue weighted by atomic mass is 19.1. The molecule has 6 rings (SSSR count). The van der Waals surface area contributed by atoms with Gasteiger partial charge in [-0.3, -0.25) is 24.8 Å². The summed E-state index contributed by atoms with van der Waals surface area (Å²) >= 11 is 0. The molecule has 170 valence electrons. The average molecular weight is 450 g/mol. The minimum Gasteiger partial charge on any atom is -0.360 e. The van der Waals surface area contributed by atoms with Crippen molar-refractivity contribution >= 4 is 22.7 Å². The number of carbonyl (C=O) groups excluding carboxylic acids is 2. The van der Waals surface area contributed by atoms with Crippen molar-refractivity contribution in [3.63, 3.8) is 0 Å². The number of imide groups is 1. The lowest BCUT2D eigenvalue weighted by molar-refractivity contribution is -0.134. The third-order valence-corrected chi connectivity index (χ3v) is 7.29. The van der Waals surface area contributed by atoms with E-state index < -0.39 is 17.1 Å². The lowest BCUT2D eigenvalue weighted by Crippen LogP contribution is -2.44. The maximum absolute atomic E-state index is 15.9. The van der Waals surface area contributed by atoms with Crippen LogP contribution in [-0.2, 0) is 26.5 Å². The minimum atomic E-state index is -0.687. The average Bonchev–Trinajstić information content (AvgIpc) is 3.11. The van der Waals surface area contributed by atoms with E-state index in [-0.39, 0.29) is 24.1 Å². The van der Waals surface area contributed by atoms with Crippen LogP contribution >= 0.6 is 0 Å². The first-order valence-corrected chi connectivity index (χ1v) is 11.1. The molecule has 0 saturated carbocycles. The van der Waals surface area contributed by atoms with Crippen molar-refractivity contribution in [3.8, 4) is 0 Å². The Kier molecular flexibility index (Phi) is 4.44. The van der Waals surface area contributed by atoms with Crippen molar-refractivity contribution in [1.82, 2.24) is 20.4 Å². The summed E-state index contributed by atoms with van der Waals surface area (Å²) in [6.07, 6.45) is 4.53. The van der Waals surface area contributed by atoms with Gasteiger partial charge in [-0.1, -0.05) is 11.2 Å². The zero-order valence-electron chi connectivity index (χ0n) is 18.1. The van der Waals surface area contributed by atoms with Crippen LogP contribution in [0.1, 0.15) is 49.0 Å². The second-order valence-corrected chi connectivity index (χ2v) is 9.37. The molecule has 0 bridgehead atoms. The second kappa shape index (κ2) is 7.16. The molecule has 2 aromatic heterocycles. The van der Waals surface area contributed by atoms with Crippen LogP contribution in [0, 0.1) is 5.82 Å². The van der Waals surface area contributed by atoms with Crippen molar-refractivity contribution in [3.05, 3.63) is 59.4 Å². The fourth-order valence-electron chi connectivity index (χ4n) is 5.50. The van der Waals surface area contributed by atoms with Gasteiger partial charge in [0.05, 0.1) is 24.2 Å². The summed E-state index contributed by atoms with van der Waals surface area (Å²) < 4.78 is 27.4. The molecule has 9 heteroatoms. The predicted octanol–water partition coefficient (Wildman–Crippen LogP) is 2.77. The standard InChI is InChI=1S/C24H23FN4O4/c1-23-13-29(12-15-6-8-27-32-15)9-7-24(23,33-23)18-3-4-19-17(21(18)25)10-14(11-26-19)16-2-5-20(30)28-22(16)31/h3-4,6,8,10-11,16H,2,5,7,9,12-13H2,1H3,(H,28,30,31). The van der Waals surface area contributed by atoms with Crippen molar-refractivity contribution in [1.29, 1.82) is 0 Å². The number of likely N-dealkylation sites (tertiary alicyclic amines) is 1. The number of rotatable bonds is 4. The first-order chi connectivity index (χ1) is 15.9. The molecular weight excluding hydrogens is 427 g/mol. The Morgan fingerprint density at radius 2 is 2.18 bits per heavy atom. The number of aromatic nitrogens is 2. The van der Waals surface area contributed by atoms with Gasteiger partial charge in [0, 0.05) is 42.7 Å². The lowest BCUT2D eigenvalue weighted by atomic mass is 9.80. The molecule has 3 unspecified atom stereocenters. The molecular formula is C24H23FN4O4. The Morgan fingerprint density at radius 1 is 1.30 bits per heavy atom. The quantitative estimate of drug-likeness (QED) is 0.482. The first-order valence-electron chi connectivity index (χ1n) is 11.1. The molecule has 5 heterocycles. The molecule has 3 aliphatic rings. The van der Waals surface area contributed by atoms with Crippen LogP contribution < -0.4 is 5.32 Å². The molecule has 33 heavy (non-hydrogen) atoms. The van der Waals surface area contributed by atoms with Gasteiger partial charge in [0.15, 0.2) is 5.76 Å². The summed E-state index contributed by atoms with van der Waals surface area (Å²) in [5, 5.41) is 6.48. The molecule has 3 atom stereocenters. The third kappa shape index (κ3) is 3.18. The number of ether oxygens (including phenoxy) is 1. The molecule has 0 aliphatic carbocycles. The summed E-state index contributed by atoms with van der Waals surface area (Å²) in [5.74, 6) is -0.725. The van der Waals surface area contributed by atoms with Gasteiger partial charge in [0.25, 0.3) is 0 Å². The number of nitrogens with zero attached hydrogens (tertiary/aromatic N) is 3. The van der Waals surface area contributed by atoms with E-state index in [1.165, 1.54) is 0 Å². The number of halogens is 1.